The fraction of sp³-hybridized carbons (Fsp3) is 0.304. The van der Waals surface area contributed by atoms with E-state index in [1.165, 1.54) is 5.56 Å². The van der Waals surface area contributed by atoms with Gasteiger partial charge in [0.1, 0.15) is 0 Å². The smallest absolute Gasteiger partial charge is 0.338 e. The Morgan fingerprint density at radius 3 is 2.41 bits per heavy atom. The second-order valence-corrected chi connectivity index (χ2v) is 7.22. The number of esters is 1. The van der Waals surface area contributed by atoms with E-state index in [4.69, 9.17) is 17.0 Å². The predicted molar refractivity (Wildman–Crippen MR) is 122 cm³/mol. The van der Waals surface area contributed by atoms with Crippen LogP contribution in [0.15, 0.2) is 60.7 Å². The number of piperazine rings is 1. The van der Waals surface area contributed by atoms with Crippen molar-refractivity contribution in [1.82, 2.24) is 9.80 Å². The first-order valence-corrected chi connectivity index (χ1v) is 10.3. The topological polar surface area (TPSA) is 44.8 Å². The summed E-state index contributed by atoms with van der Waals surface area (Å²) in [4.78, 5) is 16.3. The molecule has 0 atom stereocenters. The number of benzene rings is 2. The average Bonchev–Trinajstić information content (AvgIpc) is 2.75. The van der Waals surface area contributed by atoms with E-state index < -0.39 is 0 Å². The number of hydrogen-bond donors (Lipinski definition) is 1. The standard InChI is InChI=1S/C23H27N3O2S/c1-2-28-22(27)20-10-12-21(13-11-20)24-23(29)26-17-15-25(16-18-26)14-6-9-19-7-4-3-5-8-19/h3-13H,2,14-18H2,1H3,(H,24,29)/b9-6-. The monoisotopic (exact) mass is 409 g/mol. The van der Waals surface area contributed by atoms with Crippen LogP contribution in [0.1, 0.15) is 22.8 Å². The molecule has 0 aromatic heterocycles. The molecule has 0 bridgehead atoms. The maximum atomic E-state index is 11.7. The molecule has 1 N–H and O–H groups in total. The highest BCUT2D eigenvalue weighted by Crippen LogP contribution is 2.13. The number of thiocarbonyl (C=S) groups is 1. The zero-order chi connectivity index (χ0) is 20.5. The fourth-order valence-electron chi connectivity index (χ4n) is 3.14. The van der Waals surface area contributed by atoms with Crippen LogP contribution in [0.4, 0.5) is 5.69 Å². The molecule has 6 heteroatoms. The third kappa shape index (κ3) is 6.41. The van der Waals surface area contributed by atoms with Crippen molar-refractivity contribution in [2.75, 3.05) is 44.6 Å². The van der Waals surface area contributed by atoms with E-state index in [0.717, 1.165) is 38.4 Å². The lowest BCUT2D eigenvalue weighted by Crippen LogP contribution is -2.49. The highest BCUT2D eigenvalue weighted by atomic mass is 32.1. The van der Waals surface area contributed by atoms with Gasteiger partial charge in [-0.2, -0.15) is 0 Å². The molecule has 1 saturated heterocycles. The summed E-state index contributed by atoms with van der Waals surface area (Å²) in [5, 5.41) is 3.98. The molecule has 0 amide bonds. The highest BCUT2D eigenvalue weighted by molar-refractivity contribution is 7.80. The van der Waals surface area contributed by atoms with Gasteiger partial charge in [-0.15, -0.1) is 0 Å². The maximum Gasteiger partial charge on any atom is 0.338 e. The van der Waals surface area contributed by atoms with Crippen LogP contribution >= 0.6 is 12.2 Å². The molecule has 2 aromatic rings. The van der Waals surface area contributed by atoms with Crippen LogP contribution in [0, 0.1) is 0 Å². The minimum absolute atomic E-state index is 0.306. The Kier molecular flexibility index (Phi) is 7.78. The van der Waals surface area contributed by atoms with Crippen molar-refractivity contribution in [3.63, 3.8) is 0 Å². The van der Waals surface area contributed by atoms with Crippen LogP contribution in [0.25, 0.3) is 6.08 Å². The first-order chi connectivity index (χ1) is 14.2. The van der Waals surface area contributed by atoms with Crippen LogP contribution in [-0.4, -0.2) is 60.2 Å². The van der Waals surface area contributed by atoms with Crippen LogP contribution in [0.3, 0.4) is 0 Å². The summed E-state index contributed by atoms with van der Waals surface area (Å²) >= 11 is 5.56. The molecular formula is C23H27N3O2S. The predicted octanol–water partition coefficient (Wildman–Crippen LogP) is 3.89. The maximum absolute atomic E-state index is 11.7. The first kappa shape index (κ1) is 21.0. The molecular weight excluding hydrogens is 382 g/mol. The van der Waals surface area contributed by atoms with Gasteiger partial charge in [0.05, 0.1) is 12.2 Å². The number of anilines is 1. The SMILES string of the molecule is CCOC(=O)c1ccc(NC(=S)N2CCN(C/C=C\c3ccccc3)CC2)cc1. The van der Waals surface area contributed by atoms with Crippen molar-refractivity contribution in [1.29, 1.82) is 0 Å². The summed E-state index contributed by atoms with van der Waals surface area (Å²) in [6.45, 7) is 6.85. The van der Waals surface area contributed by atoms with E-state index in [-0.39, 0.29) is 5.97 Å². The molecule has 29 heavy (non-hydrogen) atoms. The normalized spacial score (nSPS) is 14.7. The first-order valence-electron chi connectivity index (χ1n) is 9.93. The van der Waals surface area contributed by atoms with Crippen molar-refractivity contribution in [2.24, 2.45) is 0 Å². The second-order valence-electron chi connectivity index (χ2n) is 6.83. The summed E-state index contributed by atoms with van der Waals surface area (Å²) in [6, 6.07) is 17.6. The zero-order valence-corrected chi connectivity index (χ0v) is 17.5. The quantitative estimate of drug-likeness (QED) is 0.577. The molecule has 1 aliphatic rings. The Morgan fingerprint density at radius 2 is 1.76 bits per heavy atom. The van der Waals surface area contributed by atoms with E-state index in [1.54, 1.807) is 19.1 Å². The zero-order valence-electron chi connectivity index (χ0n) is 16.7. The Balaban J connectivity index is 1.43. The number of rotatable bonds is 6. The Labute approximate surface area is 178 Å². The minimum atomic E-state index is -0.306. The van der Waals surface area contributed by atoms with Crippen LogP contribution in [0.5, 0.6) is 0 Å². The molecule has 0 aliphatic carbocycles. The number of ether oxygens (including phenoxy) is 1. The number of nitrogens with zero attached hydrogens (tertiary/aromatic N) is 2. The van der Waals surface area contributed by atoms with Gasteiger partial charge in [-0.3, -0.25) is 4.90 Å². The van der Waals surface area contributed by atoms with Crippen molar-refractivity contribution in [3.8, 4) is 0 Å². The van der Waals surface area contributed by atoms with Gasteiger partial charge in [-0.25, -0.2) is 4.79 Å². The second kappa shape index (κ2) is 10.7. The van der Waals surface area contributed by atoms with Gasteiger partial charge < -0.3 is 15.0 Å². The summed E-state index contributed by atoms with van der Waals surface area (Å²) in [7, 11) is 0. The molecule has 0 unspecified atom stereocenters. The van der Waals surface area contributed by atoms with Gasteiger partial charge in [-0.05, 0) is 49.0 Å². The number of carbonyl (C=O) groups excluding carboxylic acids is 1. The van der Waals surface area contributed by atoms with Crippen molar-refractivity contribution >= 4 is 35.1 Å². The summed E-state index contributed by atoms with van der Waals surface area (Å²) in [6.07, 6.45) is 4.38. The van der Waals surface area contributed by atoms with E-state index in [9.17, 15) is 4.79 Å². The molecule has 1 fully saturated rings. The molecule has 5 nitrogen and oxygen atoms in total. The Hall–Kier alpha value is -2.70. The molecule has 2 aromatic carbocycles. The van der Waals surface area contributed by atoms with Crippen LogP contribution < -0.4 is 5.32 Å². The highest BCUT2D eigenvalue weighted by Gasteiger charge is 2.18. The third-order valence-electron chi connectivity index (χ3n) is 4.78. The Bertz CT molecular complexity index is 829. The lowest BCUT2D eigenvalue weighted by Gasteiger charge is -2.35. The molecule has 1 heterocycles. The molecule has 0 saturated carbocycles. The average molecular weight is 410 g/mol. The van der Waals surface area contributed by atoms with E-state index in [0.29, 0.717) is 17.3 Å². The van der Waals surface area contributed by atoms with Gasteiger partial charge in [0, 0.05) is 38.4 Å². The number of nitrogens with one attached hydrogen (secondary N) is 1. The summed E-state index contributed by atoms with van der Waals surface area (Å²) in [5.74, 6) is -0.306. The van der Waals surface area contributed by atoms with Gasteiger partial charge in [0.25, 0.3) is 0 Å². The van der Waals surface area contributed by atoms with E-state index >= 15 is 0 Å². The van der Waals surface area contributed by atoms with Crippen molar-refractivity contribution in [3.05, 3.63) is 71.8 Å². The molecule has 0 radical (unpaired) electrons. The third-order valence-corrected chi connectivity index (χ3v) is 5.14. The van der Waals surface area contributed by atoms with E-state index in [2.05, 4.69) is 51.5 Å². The van der Waals surface area contributed by atoms with Gasteiger partial charge in [-0.1, -0.05) is 42.5 Å². The van der Waals surface area contributed by atoms with Crippen LogP contribution in [-0.2, 0) is 4.74 Å². The van der Waals surface area contributed by atoms with Gasteiger partial charge >= 0.3 is 5.97 Å². The lowest BCUT2D eigenvalue weighted by molar-refractivity contribution is 0.0526. The van der Waals surface area contributed by atoms with E-state index in [1.807, 2.05) is 18.2 Å². The van der Waals surface area contributed by atoms with Crippen molar-refractivity contribution in [2.45, 2.75) is 6.92 Å². The Morgan fingerprint density at radius 1 is 1.07 bits per heavy atom. The fourth-order valence-corrected chi connectivity index (χ4v) is 3.44. The molecule has 0 spiro atoms. The summed E-state index contributed by atoms with van der Waals surface area (Å²) < 4.78 is 5.00. The van der Waals surface area contributed by atoms with Crippen LogP contribution in [0.2, 0.25) is 0 Å². The largest absolute Gasteiger partial charge is 0.462 e. The lowest BCUT2D eigenvalue weighted by atomic mass is 10.2. The minimum Gasteiger partial charge on any atom is -0.462 e. The van der Waals surface area contributed by atoms with Gasteiger partial charge in [0.2, 0.25) is 0 Å². The van der Waals surface area contributed by atoms with Crippen molar-refractivity contribution < 1.29 is 9.53 Å². The number of hydrogen-bond acceptors (Lipinski definition) is 4. The molecule has 152 valence electrons. The molecule has 3 rings (SSSR count). The summed E-state index contributed by atoms with van der Waals surface area (Å²) in [5.41, 5.74) is 2.64. The molecule has 1 aliphatic heterocycles. The van der Waals surface area contributed by atoms with Gasteiger partial charge in [0.15, 0.2) is 5.11 Å². The number of carbonyl (C=O) groups is 1.